The molecule has 1 saturated heterocycles. The molecule has 1 N–H and O–H groups in total. The van der Waals surface area contributed by atoms with E-state index in [-0.39, 0.29) is 18.4 Å². The van der Waals surface area contributed by atoms with Crippen LogP contribution in [0.25, 0.3) is 0 Å². The molecule has 1 unspecified atom stereocenters. The van der Waals surface area contributed by atoms with Gasteiger partial charge in [0.25, 0.3) is 11.8 Å². The van der Waals surface area contributed by atoms with Crippen LogP contribution in [0.1, 0.15) is 28.6 Å². The van der Waals surface area contributed by atoms with Crippen LogP contribution in [0.2, 0.25) is 0 Å². The van der Waals surface area contributed by atoms with Crippen LogP contribution in [0.3, 0.4) is 0 Å². The fourth-order valence-electron chi connectivity index (χ4n) is 2.76. The van der Waals surface area contributed by atoms with Crippen molar-refractivity contribution in [2.75, 3.05) is 14.1 Å². The molecule has 0 saturated carbocycles. The van der Waals surface area contributed by atoms with Gasteiger partial charge in [0.2, 0.25) is 0 Å². The SMILES string of the molecule is CN(C)C(=O)c1ccc(CN2C(=O)NC(C)(c3ccco3)C2=O)cc1. The number of urea groups is 1. The predicted molar refractivity (Wildman–Crippen MR) is 89.6 cm³/mol. The number of amides is 4. The molecule has 2 heterocycles. The molecule has 7 nitrogen and oxygen atoms in total. The van der Waals surface area contributed by atoms with E-state index in [1.807, 2.05) is 0 Å². The van der Waals surface area contributed by atoms with Gasteiger partial charge in [0.05, 0.1) is 12.8 Å². The Bertz CT molecular complexity index is 811. The number of hydrogen-bond donors (Lipinski definition) is 1. The molecule has 1 aliphatic rings. The third kappa shape index (κ3) is 2.88. The average Bonchev–Trinajstić information content (AvgIpc) is 3.19. The number of furan rings is 1. The Morgan fingerprint density at radius 3 is 2.44 bits per heavy atom. The Morgan fingerprint density at radius 1 is 1.20 bits per heavy atom. The monoisotopic (exact) mass is 341 g/mol. The van der Waals surface area contributed by atoms with Crippen LogP contribution < -0.4 is 5.32 Å². The molecule has 130 valence electrons. The van der Waals surface area contributed by atoms with Gasteiger partial charge in [-0.25, -0.2) is 4.79 Å². The molecular weight excluding hydrogens is 322 g/mol. The number of rotatable bonds is 4. The summed E-state index contributed by atoms with van der Waals surface area (Å²) in [6, 6.07) is 9.69. The van der Waals surface area contributed by atoms with Gasteiger partial charge in [0.15, 0.2) is 5.54 Å². The minimum atomic E-state index is -1.21. The van der Waals surface area contributed by atoms with Crippen molar-refractivity contribution < 1.29 is 18.8 Å². The number of nitrogens with zero attached hydrogens (tertiary/aromatic N) is 2. The summed E-state index contributed by atoms with van der Waals surface area (Å²) in [5.41, 5.74) is 0.0930. The molecule has 3 rings (SSSR count). The highest BCUT2D eigenvalue weighted by atomic mass is 16.3. The lowest BCUT2D eigenvalue weighted by molar-refractivity contribution is -0.132. The molecule has 0 aliphatic carbocycles. The van der Waals surface area contributed by atoms with Crippen molar-refractivity contribution in [3.8, 4) is 0 Å². The van der Waals surface area contributed by atoms with E-state index in [0.717, 1.165) is 10.5 Å². The highest BCUT2D eigenvalue weighted by molar-refractivity contribution is 6.06. The molecule has 4 amide bonds. The fraction of sp³-hybridized carbons (Fsp3) is 0.278. The van der Waals surface area contributed by atoms with Crippen molar-refractivity contribution in [2.45, 2.75) is 19.0 Å². The summed E-state index contributed by atoms with van der Waals surface area (Å²) in [6.07, 6.45) is 1.46. The Hall–Kier alpha value is -3.09. The lowest BCUT2D eigenvalue weighted by atomic mass is 9.99. The summed E-state index contributed by atoms with van der Waals surface area (Å²) in [4.78, 5) is 39.5. The Morgan fingerprint density at radius 2 is 1.88 bits per heavy atom. The van der Waals surface area contributed by atoms with Crippen LogP contribution in [0.4, 0.5) is 4.79 Å². The molecule has 1 aromatic heterocycles. The first kappa shape index (κ1) is 16.8. The normalized spacial score (nSPS) is 19.9. The topological polar surface area (TPSA) is 82.9 Å². The van der Waals surface area contributed by atoms with E-state index < -0.39 is 11.6 Å². The van der Waals surface area contributed by atoms with Crippen LogP contribution in [0, 0.1) is 0 Å². The first-order chi connectivity index (χ1) is 11.8. The maximum absolute atomic E-state index is 12.7. The summed E-state index contributed by atoms with van der Waals surface area (Å²) in [5, 5.41) is 2.68. The maximum atomic E-state index is 12.7. The maximum Gasteiger partial charge on any atom is 0.325 e. The van der Waals surface area contributed by atoms with E-state index in [1.165, 1.54) is 11.2 Å². The van der Waals surface area contributed by atoms with E-state index in [2.05, 4.69) is 5.32 Å². The van der Waals surface area contributed by atoms with E-state index in [9.17, 15) is 14.4 Å². The molecule has 0 radical (unpaired) electrons. The Balaban J connectivity index is 1.78. The van der Waals surface area contributed by atoms with Crippen LogP contribution in [-0.4, -0.2) is 41.7 Å². The highest BCUT2D eigenvalue weighted by Gasteiger charge is 2.50. The molecule has 7 heteroatoms. The standard InChI is InChI=1S/C18H19N3O4/c1-18(14-5-4-10-25-14)16(23)21(17(24)19-18)11-12-6-8-13(9-7-12)15(22)20(2)3/h4-10H,11H2,1-3H3,(H,19,24). The van der Waals surface area contributed by atoms with Gasteiger partial charge in [-0.15, -0.1) is 0 Å². The van der Waals surface area contributed by atoms with Crippen LogP contribution in [0.15, 0.2) is 47.1 Å². The molecule has 0 bridgehead atoms. The molecule has 1 aromatic carbocycles. The number of nitrogens with one attached hydrogen (secondary N) is 1. The predicted octanol–water partition coefficient (Wildman–Crippen LogP) is 1.95. The third-order valence-corrected chi connectivity index (χ3v) is 4.24. The smallest absolute Gasteiger partial charge is 0.325 e. The lowest BCUT2D eigenvalue weighted by Gasteiger charge is -2.19. The van der Waals surface area contributed by atoms with Gasteiger partial charge < -0.3 is 14.6 Å². The summed E-state index contributed by atoms with van der Waals surface area (Å²) in [5.74, 6) is -0.0897. The number of hydrogen-bond acceptors (Lipinski definition) is 4. The Kier molecular flexibility index (Phi) is 4.08. The van der Waals surface area contributed by atoms with Crippen molar-refractivity contribution >= 4 is 17.8 Å². The Labute approximate surface area is 145 Å². The quantitative estimate of drug-likeness (QED) is 0.862. The minimum Gasteiger partial charge on any atom is -0.466 e. The van der Waals surface area contributed by atoms with Crippen molar-refractivity contribution in [1.29, 1.82) is 0 Å². The molecule has 1 fully saturated rings. The van der Waals surface area contributed by atoms with Gasteiger partial charge in [-0.1, -0.05) is 12.1 Å². The molecule has 25 heavy (non-hydrogen) atoms. The van der Waals surface area contributed by atoms with E-state index >= 15 is 0 Å². The van der Waals surface area contributed by atoms with E-state index in [4.69, 9.17) is 4.42 Å². The van der Waals surface area contributed by atoms with Gasteiger partial charge in [-0.2, -0.15) is 0 Å². The largest absolute Gasteiger partial charge is 0.466 e. The zero-order chi connectivity index (χ0) is 18.2. The van der Waals surface area contributed by atoms with Gasteiger partial charge in [0.1, 0.15) is 5.76 Å². The number of carbonyl (C=O) groups excluding carboxylic acids is 3. The second kappa shape index (κ2) is 6.08. The number of imide groups is 1. The summed E-state index contributed by atoms with van der Waals surface area (Å²) < 4.78 is 5.30. The average molecular weight is 341 g/mol. The van der Waals surface area contributed by atoms with E-state index in [0.29, 0.717) is 11.3 Å². The van der Waals surface area contributed by atoms with Gasteiger partial charge in [-0.05, 0) is 36.8 Å². The molecule has 1 atom stereocenters. The molecule has 1 aliphatic heterocycles. The zero-order valence-corrected chi connectivity index (χ0v) is 14.3. The van der Waals surface area contributed by atoms with Gasteiger partial charge in [0, 0.05) is 19.7 Å². The number of carbonyl (C=O) groups is 3. The molecule has 2 aromatic rings. The van der Waals surface area contributed by atoms with Crippen LogP contribution in [0.5, 0.6) is 0 Å². The second-order valence-corrected chi connectivity index (χ2v) is 6.32. The molecular formula is C18H19N3O4. The zero-order valence-electron chi connectivity index (χ0n) is 14.3. The van der Waals surface area contributed by atoms with Crippen molar-refractivity contribution in [3.05, 3.63) is 59.5 Å². The van der Waals surface area contributed by atoms with Gasteiger partial charge in [-0.3, -0.25) is 14.5 Å². The van der Waals surface area contributed by atoms with Crippen molar-refractivity contribution in [1.82, 2.24) is 15.1 Å². The lowest BCUT2D eigenvalue weighted by Crippen LogP contribution is -2.40. The summed E-state index contributed by atoms with van der Waals surface area (Å²) >= 11 is 0. The summed E-state index contributed by atoms with van der Waals surface area (Å²) in [7, 11) is 3.36. The van der Waals surface area contributed by atoms with Gasteiger partial charge >= 0.3 is 6.03 Å². The number of benzene rings is 1. The van der Waals surface area contributed by atoms with Crippen molar-refractivity contribution in [2.24, 2.45) is 0 Å². The van der Waals surface area contributed by atoms with E-state index in [1.54, 1.807) is 57.4 Å². The second-order valence-electron chi connectivity index (χ2n) is 6.32. The highest BCUT2D eigenvalue weighted by Crippen LogP contribution is 2.30. The minimum absolute atomic E-state index is 0.105. The van der Waals surface area contributed by atoms with Crippen LogP contribution in [-0.2, 0) is 16.9 Å². The summed E-state index contributed by atoms with van der Waals surface area (Å²) in [6.45, 7) is 1.74. The van der Waals surface area contributed by atoms with Crippen molar-refractivity contribution in [3.63, 3.8) is 0 Å². The fourth-order valence-corrected chi connectivity index (χ4v) is 2.76. The first-order valence-corrected chi connectivity index (χ1v) is 7.81. The first-order valence-electron chi connectivity index (χ1n) is 7.81. The molecule has 0 spiro atoms. The third-order valence-electron chi connectivity index (χ3n) is 4.24. The van der Waals surface area contributed by atoms with Crippen LogP contribution >= 0.6 is 0 Å².